The minimum absolute atomic E-state index is 0.147. The second-order valence-corrected chi connectivity index (χ2v) is 15.2. The molecule has 0 aliphatic rings. The number of rotatable bonds is 11. The molecule has 0 saturated heterocycles. The molecule has 8 heteroatoms. The molecule has 0 saturated carbocycles. The number of amides is 1. The van der Waals surface area contributed by atoms with Crippen LogP contribution in [0.2, 0.25) is 25.7 Å². The van der Waals surface area contributed by atoms with Crippen molar-refractivity contribution >= 4 is 37.0 Å². The molecule has 0 bridgehead atoms. The van der Waals surface area contributed by atoms with Gasteiger partial charge in [-0.2, -0.15) is 5.10 Å². The zero-order valence-corrected chi connectivity index (χ0v) is 21.9. The third kappa shape index (κ3) is 5.62. The highest BCUT2D eigenvalue weighted by Crippen LogP contribution is 2.28. The number of imidazole rings is 1. The Morgan fingerprint density at radius 1 is 1.27 bits per heavy atom. The maximum absolute atomic E-state index is 13.8. The molecule has 0 aliphatic carbocycles. The van der Waals surface area contributed by atoms with Crippen LogP contribution in [-0.2, 0) is 17.8 Å². The van der Waals surface area contributed by atoms with Crippen LogP contribution in [0.15, 0.2) is 30.8 Å². The molecule has 0 aliphatic heterocycles. The molecule has 0 unspecified atom stereocenters. The quantitative estimate of drug-likeness (QED) is 0.210. The third-order valence-electron chi connectivity index (χ3n) is 5.57. The van der Waals surface area contributed by atoms with Gasteiger partial charge in [0.15, 0.2) is 0 Å². The Kier molecular flexibility index (Phi) is 7.91. The summed E-state index contributed by atoms with van der Waals surface area (Å²) in [7, 11) is -1.25. The maximum atomic E-state index is 13.8. The van der Waals surface area contributed by atoms with Crippen molar-refractivity contribution in [3.05, 3.63) is 47.8 Å². The van der Waals surface area contributed by atoms with Gasteiger partial charge in [-0.05, 0) is 44.0 Å². The first kappa shape index (κ1) is 24.9. The van der Waals surface area contributed by atoms with Crippen LogP contribution in [0.4, 0.5) is 5.95 Å². The predicted molar refractivity (Wildman–Crippen MR) is 139 cm³/mol. The van der Waals surface area contributed by atoms with Gasteiger partial charge in [0.25, 0.3) is 5.91 Å². The van der Waals surface area contributed by atoms with Crippen molar-refractivity contribution in [2.24, 2.45) is 0 Å². The Labute approximate surface area is 198 Å². The Morgan fingerprint density at radius 2 is 2.03 bits per heavy atom. The summed E-state index contributed by atoms with van der Waals surface area (Å²) >= 11 is 0. The lowest BCUT2D eigenvalue weighted by molar-refractivity contribution is 0.0885. The molecule has 178 valence electrons. The monoisotopic (exact) mass is 467 g/mol. The SMILES string of the molecule is C=Cc1cccc2nc(N(COCC[Si](C)(C)C)C(=O)c3cc(C)nn3CC)n(CCC)c12. The van der Waals surface area contributed by atoms with E-state index in [0.29, 0.717) is 24.8 Å². The zero-order chi connectivity index (χ0) is 24.2. The van der Waals surface area contributed by atoms with Crippen molar-refractivity contribution in [2.75, 3.05) is 18.2 Å². The van der Waals surface area contributed by atoms with E-state index in [1.807, 2.05) is 44.2 Å². The van der Waals surface area contributed by atoms with Crippen LogP contribution in [0.25, 0.3) is 17.1 Å². The van der Waals surface area contributed by atoms with E-state index in [9.17, 15) is 4.79 Å². The number of hydrogen-bond donors (Lipinski definition) is 0. The molecule has 2 heterocycles. The van der Waals surface area contributed by atoms with Crippen LogP contribution in [0.1, 0.15) is 42.0 Å². The average Bonchev–Trinajstić information content (AvgIpc) is 3.33. The number of aryl methyl sites for hydroxylation is 3. The van der Waals surface area contributed by atoms with E-state index < -0.39 is 8.07 Å². The van der Waals surface area contributed by atoms with E-state index in [0.717, 1.165) is 41.3 Å². The van der Waals surface area contributed by atoms with Crippen molar-refractivity contribution in [1.29, 1.82) is 0 Å². The standard InChI is InChI=1S/C25H37N5O2Si/c1-8-14-28-23-20(9-2)12-11-13-21(23)26-25(28)29(18-32-15-16-33(5,6)7)24(31)22-17-19(4)27-30(22)10-3/h9,11-13,17H,2,8,10,14-16,18H2,1,3-7H3. The van der Waals surface area contributed by atoms with Crippen molar-refractivity contribution in [1.82, 2.24) is 19.3 Å². The second kappa shape index (κ2) is 10.5. The van der Waals surface area contributed by atoms with Gasteiger partial charge in [-0.15, -0.1) is 0 Å². The first-order valence-electron chi connectivity index (χ1n) is 11.8. The van der Waals surface area contributed by atoms with E-state index in [4.69, 9.17) is 9.72 Å². The molecule has 0 spiro atoms. The van der Waals surface area contributed by atoms with Crippen molar-refractivity contribution in [2.45, 2.75) is 66.0 Å². The molecule has 0 atom stereocenters. The van der Waals surface area contributed by atoms with E-state index >= 15 is 0 Å². The summed E-state index contributed by atoms with van der Waals surface area (Å²) in [5, 5.41) is 4.48. The zero-order valence-electron chi connectivity index (χ0n) is 20.9. The van der Waals surface area contributed by atoms with E-state index in [-0.39, 0.29) is 12.6 Å². The molecule has 0 N–H and O–H groups in total. The summed E-state index contributed by atoms with van der Waals surface area (Å²) in [6.07, 6.45) is 2.75. The summed E-state index contributed by atoms with van der Waals surface area (Å²) in [5.41, 5.74) is 4.19. The molecule has 3 rings (SSSR count). The highest BCUT2D eigenvalue weighted by atomic mass is 28.3. The number of anilines is 1. The molecule has 33 heavy (non-hydrogen) atoms. The lowest BCUT2D eigenvalue weighted by Gasteiger charge is -2.24. The number of hydrogen-bond acceptors (Lipinski definition) is 4. The van der Waals surface area contributed by atoms with Gasteiger partial charge >= 0.3 is 0 Å². The normalized spacial score (nSPS) is 11.8. The van der Waals surface area contributed by atoms with Crippen molar-refractivity contribution < 1.29 is 9.53 Å². The number of para-hydroxylation sites is 1. The molecular weight excluding hydrogens is 430 g/mol. The van der Waals surface area contributed by atoms with E-state index in [2.05, 4.69) is 42.8 Å². The largest absolute Gasteiger partial charge is 0.361 e. The molecule has 2 aromatic heterocycles. The Bertz CT molecular complexity index is 1130. The molecule has 0 fully saturated rings. The molecule has 7 nitrogen and oxygen atoms in total. The number of benzene rings is 1. The molecule has 3 aromatic rings. The molecular formula is C25H37N5O2Si. The van der Waals surface area contributed by atoms with Crippen LogP contribution >= 0.6 is 0 Å². The highest BCUT2D eigenvalue weighted by Gasteiger charge is 2.27. The van der Waals surface area contributed by atoms with Crippen molar-refractivity contribution in [3.8, 4) is 0 Å². The molecule has 0 radical (unpaired) electrons. The smallest absolute Gasteiger partial charge is 0.280 e. The topological polar surface area (TPSA) is 65.2 Å². The fraction of sp³-hybridized carbons (Fsp3) is 0.480. The Balaban J connectivity index is 2.08. The number of carbonyl (C=O) groups excluding carboxylic acids is 1. The van der Waals surface area contributed by atoms with Gasteiger partial charge < -0.3 is 9.30 Å². The molecule has 1 aromatic carbocycles. The lowest BCUT2D eigenvalue weighted by Crippen LogP contribution is -2.37. The summed E-state index contributed by atoms with van der Waals surface area (Å²) in [6.45, 7) is 19.1. The summed E-state index contributed by atoms with van der Waals surface area (Å²) < 4.78 is 9.93. The van der Waals surface area contributed by atoms with Crippen LogP contribution in [0.5, 0.6) is 0 Å². The van der Waals surface area contributed by atoms with Crippen LogP contribution in [0, 0.1) is 6.92 Å². The number of ether oxygens (including phenoxy) is 1. The van der Waals surface area contributed by atoms with Gasteiger partial charge in [-0.25, -0.2) is 4.98 Å². The fourth-order valence-corrected chi connectivity index (χ4v) is 4.60. The predicted octanol–water partition coefficient (Wildman–Crippen LogP) is 5.57. The number of fused-ring (bicyclic) bond motifs is 1. The first-order valence-corrected chi connectivity index (χ1v) is 15.5. The summed E-state index contributed by atoms with van der Waals surface area (Å²) in [5.74, 6) is 0.443. The Morgan fingerprint density at radius 3 is 2.67 bits per heavy atom. The van der Waals surface area contributed by atoms with Gasteiger partial charge in [-0.1, -0.05) is 51.4 Å². The maximum Gasteiger partial charge on any atom is 0.280 e. The summed E-state index contributed by atoms with van der Waals surface area (Å²) in [6, 6.07) is 8.85. The molecule has 1 amide bonds. The van der Waals surface area contributed by atoms with Gasteiger partial charge in [0.05, 0.1) is 16.7 Å². The van der Waals surface area contributed by atoms with Gasteiger partial charge in [0, 0.05) is 27.8 Å². The number of aromatic nitrogens is 4. The minimum Gasteiger partial charge on any atom is -0.361 e. The van der Waals surface area contributed by atoms with E-state index in [1.54, 1.807) is 9.58 Å². The lowest BCUT2D eigenvalue weighted by atomic mass is 10.2. The van der Waals surface area contributed by atoms with Gasteiger partial charge in [0.1, 0.15) is 12.4 Å². The van der Waals surface area contributed by atoms with E-state index in [1.165, 1.54) is 0 Å². The Hall–Kier alpha value is -2.71. The number of carbonyl (C=O) groups is 1. The number of nitrogens with zero attached hydrogens (tertiary/aromatic N) is 5. The average molecular weight is 468 g/mol. The first-order chi connectivity index (χ1) is 15.7. The van der Waals surface area contributed by atoms with Gasteiger partial charge in [-0.3, -0.25) is 14.4 Å². The third-order valence-corrected chi connectivity index (χ3v) is 7.27. The van der Waals surface area contributed by atoms with Crippen LogP contribution in [-0.4, -0.2) is 46.7 Å². The van der Waals surface area contributed by atoms with Gasteiger partial charge in [0.2, 0.25) is 5.95 Å². The van der Waals surface area contributed by atoms with Crippen LogP contribution < -0.4 is 4.90 Å². The second-order valence-electron chi connectivity index (χ2n) is 9.55. The minimum atomic E-state index is -1.25. The summed E-state index contributed by atoms with van der Waals surface area (Å²) in [4.78, 5) is 20.4. The highest BCUT2D eigenvalue weighted by molar-refractivity contribution is 6.76. The van der Waals surface area contributed by atoms with Crippen LogP contribution in [0.3, 0.4) is 0 Å². The fourth-order valence-electron chi connectivity index (χ4n) is 3.85. The van der Waals surface area contributed by atoms with Crippen molar-refractivity contribution in [3.63, 3.8) is 0 Å².